The molecule has 1 heterocycles. The van der Waals surface area contributed by atoms with E-state index in [1.165, 1.54) is 14.2 Å². The van der Waals surface area contributed by atoms with Crippen molar-refractivity contribution in [3.05, 3.63) is 71.8 Å². The highest BCUT2D eigenvalue weighted by Gasteiger charge is 2.35. The second-order valence-corrected chi connectivity index (χ2v) is 8.99. The normalized spacial score (nSPS) is 22.8. The number of ether oxygens (including phenoxy) is 6. The van der Waals surface area contributed by atoms with E-state index in [4.69, 9.17) is 28.4 Å². The molecule has 0 spiro atoms. The number of benzene rings is 2. The summed E-state index contributed by atoms with van der Waals surface area (Å²) in [7, 11) is 4.17. The van der Waals surface area contributed by atoms with Crippen LogP contribution in [0.2, 0.25) is 0 Å². The number of carbonyl (C=O) groups is 2. The molecule has 1 fully saturated rings. The van der Waals surface area contributed by atoms with Crippen molar-refractivity contribution in [3.8, 4) is 0 Å². The van der Waals surface area contributed by atoms with Crippen molar-refractivity contribution in [1.82, 2.24) is 0 Å². The molecular weight excluding hydrogens is 476 g/mol. The number of methoxy groups -OCH3 is 3. The van der Waals surface area contributed by atoms with Gasteiger partial charge in [0, 0.05) is 13.5 Å². The lowest BCUT2D eigenvalue weighted by molar-refractivity contribution is -0.196. The summed E-state index contributed by atoms with van der Waals surface area (Å²) in [5.74, 6) is -2.32. The SMILES string of the molecule is COCCO[C@H]1CCC[C@H](CC(C(=O)OC)C(=O)OC)O[C@H](c2ccccc2)C[C@@H](c2ccccc2)O1. The van der Waals surface area contributed by atoms with Crippen LogP contribution in [-0.2, 0) is 38.0 Å². The first-order chi connectivity index (χ1) is 18.0. The monoisotopic (exact) mass is 514 g/mol. The molecule has 2 aromatic carbocycles. The molecule has 0 amide bonds. The smallest absolute Gasteiger partial charge is 0.320 e. The van der Waals surface area contributed by atoms with Crippen LogP contribution in [0.4, 0.5) is 0 Å². The van der Waals surface area contributed by atoms with Crippen molar-refractivity contribution in [2.75, 3.05) is 34.5 Å². The molecule has 1 aliphatic rings. The van der Waals surface area contributed by atoms with Gasteiger partial charge in [-0.15, -0.1) is 0 Å². The molecule has 1 aliphatic heterocycles. The fourth-order valence-electron chi connectivity index (χ4n) is 4.53. The number of rotatable bonds is 10. The Morgan fingerprint density at radius 3 is 1.92 bits per heavy atom. The Hall–Kier alpha value is -2.78. The zero-order chi connectivity index (χ0) is 26.5. The van der Waals surface area contributed by atoms with Crippen molar-refractivity contribution >= 4 is 11.9 Å². The fourth-order valence-corrected chi connectivity index (χ4v) is 4.53. The minimum Gasteiger partial charge on any atom is -0.468 e. The largest absolute Gasteiger partial charge is 0.468 e. The number of esters is 2. The van der Waals surface area contributed by atoms with Crippen molar-refractivity contribution in [2.24, 2.45) is 5.92 Å². The summed E-state index contributed by atoms with van der Waals surface area (Å²) in [6.07, 6.45) is 1.17. The van der Waals surface area contributed by atoms with Crippen molar-refractivity contribution < 1.29 is 38.0 Å². The summed E-state index contributed by atoms with van der Waals surface area (Å²) in [5.41, 5.74) is 2.01. The van der Waals surface area contributed by atoms with Gasteiger partial charge in [0.1, 0.15) is 0 Å². The van der Waals surface area contributed by atoms with E-state index >= 15 is 0 Å². The van der Waals surface area contributed by atoms with Crippen molar-refractivity contribution in [3.63, 3.8) is 0 Å². The fraction of sp³-hybridized carbons (Fsp3) is 0.517. The van der Waals surface area contributed by atoms with E-state index in [9.17, 15) is 9.59 Å². The highest BCUT2D eigenvalue weighted by Crippen LogP contribution is 2.37. The van der Waals surface area contributed by atoms with Gasteiger partial charge < -0.3 is 28.4 Å². The molecule has 4 atom stereocenters. The molecule has 1 saturated heterocycles. The van der Waals surface area contributed by atoms with Crippen LogP contribution in [0, 0.1) is 5.92 Å². The van der Waals surface area contributed by atoms with Crippen LogP contribution in [-0.4, -0.2) is 58.9 Å². The first kappa shape index (κ1) is 28.8. The van der Waals surface area contributed by atoms with Gasteiger partial charge in [-0.2, -0.15) is 0 Å². The molecule has 202 valence electrons. The molecule has 3 rings (SSSR count). The maximum absolute atomic E-state index is 12.4. The third-order valence-electron chi connectivity index (χ3n) is 6.47. The third-order valence-corrected chi connectivity index (χ3v) is 6.47. The van der Waals surface area contributed by atoms with Crippen LogP contribution in [0.25, 0.3) is 0 Å². The standard InChI is InChI=1S/C29H38O8/c1-32-17-18-35-27-16-10-15-23(19-24(28(30)33-2)29(31)34-3)36-25(21-11-6-4-7-12-21)20-26(37-27)22-13-8-5-9-14-22/h4-9,11-14,23-27H,10,15-20H2,1-3H3/t23-,25+,26+,27-/m1/s1. The molecular formula is C29H38O8. The maximum Gasteiger partial charge on any atom is 0.320 e. The van der Waals surface area contributed by atoms with Crippen molar-refractivity contribution in [2.45, 2.75) is 56.7 Å². The van der Waals surface area contributed by atoms with Gasteiger partial charge in [-0.3, -0.25) is 9.59 Å². The summed E-state index contributed by atoms with van der Waals surface area (Å²) in [6.45, 7) is 0.881. The van der Waals surface area contributed by atoms with E-state index in [1.54, 1.807) is 7.11 Å². The van der Waals surface area contributed by atoms with Crippen LogP contribution in [0.1, 0.15) is 55.4 Å². The van der Waals surface area contributed by atoms with Gasteiger partial charge in [-0.1, -0.05) is 60.7 Å². The van der Waals surface area contributed by atoms with Gasteiger partial charge in [0.05, 0.1) is 45.7 Å². The zero-order valence-corrected chi connectivity index (χ0v) is 21.9. The molecule has 0 aromatic heterocycles. The van der Waals surface area contributed by atoms with Crippen LogP contribution < -0.4 is 0 Å². The molecule has 0 saturated carbocycles. The molecule has 0 bridgehead atoms. The average Bonchev–Trinajstić information content (AvgIpc) is 2.94. The van der Waals surface area contributed by atoms with Crippen LogP contribution >= 0.6 is 0 Å². The van der Waals surface area contributed by atoms with E-state index in [-0.39, 0.29) is 24.7 Å². The van der Waals surface area contributed by atoms with E-state index in [1.807, 2.05) is 60.7 Å². The van der Waals surface area contributed by atoms with Crippen LogP contribution in [0.3, 0.4) is 0 Å². The molecule has 0 radical (unpaired) electrons. The van der Waals surface area contributed by atoms with Crippen LogP contribution in [0.5, 0.6) is 0 Å². The van der Waals surface area contributed by atoms with Gasteiger partial charge in [0.25, 0.3) is 0 Å². The quantitative estimate of drug-likeness (QED) is 0.254. The number of carbonyl (C=O) groups excluding carboxylic acids is 2. The van der Waals surface area contributed by atoms with Gasteiger partial charge >= 0.3 is 11.9 Å². The Kier molecular flexibility index (Phi) is 12.0. The highest BCUT2D eigenvalue weighted by atomic mass is 16.7. The van der Waals surface area contributed by atoms with E-state index in [0.29, 0.717) is 38.9 Å². The molecule has 8 heteroatoms. The summed E-state index contributed by atoms with van der Waals surface area (Å²) in [4.78, 5) is 24.8. The minimum atomic E-state index is -1.06. The summed E-state index contributed by atoms with van der Waals surface area (Å²) in [6, 6.07) is 19.9. The van der Waals surface area contributed by atoms with Crippen molar-refractivity contribution in [1.29, 1.82) is 0 Å². The Bertz CT molecular complexity index is 919. The van der Waals surface area contributed by atoms with Gasteiger partial charge in [-0.05, 0) is 36.8 Å². The summed E-state index contributed by atoms with van der Waals surface area (Å²) >= 11 is 0. The Labute approximate surface area is 219 Å². The van der Waals surface area contributed by atoms with E-state index in [0.717, 1.165) is 11.1 Å². The number of hydrogen-bond acceptors (Lipinski definition) is 8. The Morgan fingerprint density at radius 1 is 0.811 bits per heavy atom. The van der Waals surface area contributed by atoms with Gasteiger partial charge in [0.2, 0.25) is 0 Å². The van der Waals surface area contributed by atoms with E-state index in [2.05, 4.69) is 0 Å². The second-order valence-electron chi connectivity index (χ2n) is 8.99. The molecule has 37 heavy (non-hydrogen) atoms. The first-order valence-electron chi connectivity index (χ1n) is 12.7. The van der Waals surface area contributed by atoms with Gasteiger partial charge in [0.15, 0.2) is 12.2 Å². The lowest BCUT2D eigenvalue weighted by Gasteiger charge is -2.33. The molecule has 0 unspecified atom stereocenters. The van der Waals surface area contributed by atoms with E-state index < -0.39 is 24.1 Å². The van der Waals surface area contributed by atoms with Gasteiger partial charge in [-0.25, -0.2) is 0 Å². The topological polar surface area (TPSA) is 89.5 Å². The zero-order valence-electron chi connectivity index (χ0n) is 21.9. The Balaban J connectivity index is 1.92. The Morgan fingerprint density at radius 2 is 1.38 bits per heavy atom. The molecule has 2 aromatic rings. The average molecular weight is 515 g/mol. The number of hydrogen-bond donors (Lipinski definition) is 0. The lowest BCUT2D eigenvalue weighted by atomic mass is 9.94. The predicted octanol–water partition coefficient (Wildman–Crippen LogP) is 4.79. The predicted molar refractivity (Wildman–Crippen MR) is 137 cm³/mol. The molecule has 0 N–H and O–H groups in total. The molecule has 8 nitrogen and oxygen atoms in total. The maximum atomic E-state index is 12.4. The minimum absolute atomic E-state index is 0.161. The second kappa shape index (κ2) is 15.5. The van der Waals surface area contributed by atoms with Crippen LogP contribution in [0.15, 0.2) is 60.7 Å². The third kappa shape index (κ3) is 8.93. The lowest BCUT2D eigenvalue weighted by Crippen LogP contribution is -2.33. The molecule has 0 aliphatic carbocycles. The first-order valence-corrected chi connectivity index (χ1v) is 12.7. The summed E-state index contributed by atoms with van der Waals surface area (Å²) < 4.78 is 34.2. The highest BCUT2D eigenvalue weighted by molar-refractivity contribution is 5.94. The summed E-state index contributed by atoms with van der Waals surface area (Å²) in [5, 5.41) is 0.